The normalized spacial score (nSPS) is 19.4. The molecule has 0 radical (unpaired) electrons. The van der Waals surface area contributed by atoms with E-state index in [0.717, 1.165) is 19.3 Å². The van der Waals surface area contributed by atoms with Gasteiger partial charge in [0.2, 0.25) is 0 Å². The van der Waals surface area contributed by atoms with Crippen molar-refractivity contribution in [2.45, 2.75) is 32.1 Å². The summed E-state index contributed by atoms with van der Waals surface area (Å²) in [7, 11) is -0.942. The molecule has 3 N–H and O–H groups in total. The van der Waals surface area contributed by atoms with Gasteiger partial charge in [-0.25, -0.2) is 4.79 Å². The van der Waals surface area contributed by atoms with Crippen LogP contribution in [0.15, 0.2) is 0 Å². The van der Waals surface area contributed by atoms with Crippen molar-refractivity contribution in [3.63, 3.8) is 0 Å². The summed E-state index contributed by atoms with van der Waals surface area (Å²) in [5, 5.41) is 14.5. The van der Waals surface area contributed by atoms with Crippen LogP contribution in [0.3, 0.4) is 0 Å². The number of rotatable bonds is 6. The van der Waals surface area contributed by atoms with Crippen LogP contribution in [0.2, 0.25) is 0 Å². The van der Waals surface area contributed by atoms with E-state index in [1.165, 1.54) is 0 Å². The summed E-state index contributed by atoms with van der Waals surface area (Å²) in [6.45, 7) is 0.485. The highest BCUT2D eigenvalue weighted by atomic mass is 32.2. The molecule has 1 fully saturated rings. The van der Waals surface area contributed by atoms with Crippen molar-refractivity contribution in [2.24, 2.45) is 5.41 Å². The maximum atomic E-state index is 11.5. The standard InChI is InChI=1S/C12H22N2O4S/c1-19(18)8-7-13-11(17)14-9-12(10(15)16)5-3-2-4-6-12/h2-9H2,1H3,(H,15,16)(H2,13,14,17). The van der Waals surface area contributed by atoms with E-state index in [0.29, 0.717) is 25.1 Å². The molecule has 0 bridgehead atoms. The minimum absolute atomic E-state index is 0.156. The van der Waals surface area contributed by atoms with Crippen LogP contribution in [0.1, 0.15) is 32.1 Å². The van der Waals surface area contributed by atoms with Crippen LogP contribution >= 0.6 is 0 Å². The van der Waals surface area contributed by atoms with E-state index in [9.17, 15) is 18.9 Å². The number of carboxylic acid groups (broad SMARTS) is 1. The Balaban J connectivity index is 2.37. The van der Waals surface area contributed by atoms with Gasteiger partial charge in [-0.3, -0.25) is 9.00 Å². The quantitative estimate of drug-likeness (QED) is 0.671. The van der Waals surface area contributed by atoms with Gasteiger partial charge in [-0.15, -0.1) is 0 Å². The summed E-state index contributed by atoms with van der Waals surface area (Å²) in [4.78, 5) is 22.9. The van der Waals surface area contributed by atoms with Gasteiger partial charge < -0.3 is 15.7 Å². The molecular weight excluding hydrogens is 268 g/mol. The van der Waals surface area contributed by atoms with E-state index in [-0.39, 0.29) is 6.54 Å². The van der Waals surface area contributed by atoms with E-state index >= 15 is 0 Å². The average molecular weight is 290 g/mol. The molecule has 0 aromatic carbocycles. The van der Waals surface area contributed by atoms with Crippen molar-refractivity contribution in [2.75, 3.05) is 25.1 Å². The lowest BCUT2D eigenvalue weighted by Gasteiger charge is -2.33. The summed E-state index contributed by atoms with van der Waals surface area (Å²) in [5.74, 6) is -0.431. The van der Waals surface area contributed by atoms with Gasteiger partial charge in [-0.05, 0) is 12.8 Å². The molecule has 1 saturated carbocycles. The number of hydrogen-bond acceptors (Lipinski definition) is 3. The van der Waals surface area contributed by atoms with E-state index in [1.807, 2.05) is 0 Å². The van der Waals surface area contributed by atoms with E-state index in [1.54, 1.807) is 6.26 Å². The molecule has 1 aliphatic carbocycles. The van der Waals surface area contributed by atoms with Crippen LogP contribution in [0.5, 0.6) is 0 Å². The maximum Gasteiger partial charge on any atom is 0.314 e. The molecule has 110 valence electrons. The van der Waals surface area contributed by atoms with Crippen LogP contribution in [0.25, 0.3) is 0 Å². The second-order valence-corrected chi connectivity index (χ2v) is 6.59. The molecule has 1 rings (SSSR count). The first-order valence-electron chi connectivity index (χ1n) is 6.51. The molecule has 1 atom stereocenters. The zero-order valence-electron chi connectivity index (χ0n) is 11.2. The Hall–Kier alpha value is -1.11. The Kier molecular flexibility index (Phi) is 6.27. The molecule has 1 unspecified atom stereocenters. The smallest absolute Gasteiger partial charge is 0.314 e. The molecule has 0 heterocycles. The fourth-order valence-electron chi connectivity index (χ4n) is 2.32. The van der Waals surface area contributed by atoms with Crippen molar-refractivity contribution < 1.29 is 18.9 Å². The minimum Gasteiger partial charge on any atom is -0.481 e. The molecule has 6 nitrogen and oxygen atoms in total. The third-order valence-corrected chi connectivity index (χ3v) is 4.31. The van der Waals surface area contributed by atoms with Crippen molar-refractivity contribution in [1.29, 1.82) is 0 Å². The van der Waals surface area contributed by atoms with Crippen molar-refractivity contribution in [3.8, 4) is 0 Å². The Bertz CT molecular complexity index is 354. The van der Waals surface area contributed by atoms with Gasteiger partial charge in [0.05, 0.1) is 5.41 Å². The lowest BCUT2D eigenvalue weighted by molar-refractivity contribution is -0.150. The number of carboxylic acids is 1. The number of carbonyl (C=O) groups is 2. The predicted molar refractivity (Wildman–Crippen MR) is 73.5 cm³/mol. The molecule has 0 aliphatic heterocycles. The molecule has 0 spiro atoms. The van der Waals surface area contributed by atoms with Crippen LogP contribution in [0, 0.1) is 5.41 Å². The largest absolute Gasteiger partial charge is 0.481 e. The highest BCUT2D eigenvalue weighted by Gasteiger charge is 2.39. The van der Waals surface area contributed by atoms with E-state index in [4.69, 9.17) is 0 Å². The van der Waals surface area contributed by atoms with Gasteiger partial charge in [-0.2, -0.15) is 0 Å². The van der Waals surface area contributed by atoms with Gasteiger partial charge in [0, 0.05) is 35.9 Å². The van der Waals surface area contributed by atoms with Crippen molar-refractivity contribution in [3.05, 3.63) is 0 Å². The summed E-state index contributed by atoms with van der Waals surface area (Å²) >= 11 is 0. The van der Waals surface area contributed by atoms with Gasteiger partial charge in [0.1, 0.15) is 0 Å². The third-order valence-electron chi connectivity index (χ3n) is 3.53. The predicted octanol–water partition coefficient (Wildman–Crippen LogP) is 0.699. The molecule has 2 amide bonds. The summed E-state index contributed by atoms with van der Waals surface area (Å²) in [6, 6.07) is -0.392. The second kappa shape index (κ2) is 7.47. The molecule has 7 heteroatoms. The van der Waals surface area contributed by atoms with Crippen LogP contribution in [0.4, 0.5) is 4.79 Å². The monoisotopic (exact) mass is 290 g/mol. The van der Waals surface area contributed by atoms with Gasteiger partial charge >= 0.3 is 12.0 Å². The topological polar surface area (TPSA) is 95.5 Å². The first-order chi connectivity index (χ1) is 8.96. The van der Waals surface area contributed by atoms with Crippen LogP contribution in [-0.2, 0) is 15.6 Å². The molecular formula is C12H22N2O4S. The number of carbonyl (C=O) groups excluding carboxylic acids is 1. The Morgan fingerprint density at radius 3 is 2.37 bits per heavy atom. The molecule has 0 aromatic rings. The summed E-state index contributed by atoms with van der Waals surface area (Å²) in [6.07, 6.45) is 5.64. The van der Waals surface area contributed by atoms with Gasteiger partial charge in [0.15, 0.2) is 0 Å². The highest BCUT2D eigenvalue weighted by Crippen LogP contribution is 2.35. The zero-order chi connectivity index (χ0) is 14.3. The first kappa shape index (κ1) is 15.9. The molecule has 0 aromatic heterocycles. The SMILES string of the molecule is CS(=O)CCNC(=O)NCC1(C(=O)O)CCCCC1. The number of nitrogens with one attached hydrogen (secondary N) is 2. The minimum atomic E-state index is -0.942. The molecule has 0 saturated heterocycles. The maximum absolute atomic E-state index is 11.5. The fraction of sp³-hybridized carbons (Fsp3) is 0.833. The zero-order valence-corrected chi connectivity index (χ0v) is 12.1. The van der Waals surface area contributed by atoms with Gasteiger partial charge in [-0.1, -0.05) is 19.3 Å². The fourth-order valence-corrected chi connectivity index (χ4v) is 2.70. The average Bonchev–Trinajstić information content (AvgIpc) is 2.37. The first-order valence-corrected chi connectivity index (χ1v) is 8.24. The number of aliphatic carboxylic acids is 1. The summed E-state index contributed by atoms with van der Waals surface area (Å²) < 4.78 is 10.8. The molecule has 1 aliphatic rings. The summed E-state index contributed by atoms with van der Waals surface area (Å²) in [5.41, 5.74) is -0.816. The van der Waals surface area contributed by atoms with Crippen LogP contribution in [-0.4, -0.2) is 46.4 Å². The van der Waals surface area contributed by atoms with Crippen molar-refractivity contribution >= 4 is 22.8 Å². The number of amides is 2. The Morgan fingerprint density at radius 1 is 1.21 bits per heavy atom. The Labute approximate surface area is 115 Å². The van der Waals surface area contributed by atoms with Crippen molar-refractivity contribution in [1.82, 2.24) is 10.6 Å². The Morgan fingerprint density at radius 2 is 1.84 bits per heavy atom. The van der Waals surface area contributed by atoms with E-state index < -0.39 is 28.2 Å². The highest BCUT2D eigenvalue weighted by molar-refractivity contribution is 7.84. The molecule has 19 heavy (non-hydrogen) atoms. The number of urea groups is 1. The number of hydrogen-bond donors (Lipinski definition) is 3. The second-order valence-electron chi connectivity index (χ2n) is 5.03. The van der Waals surface area contributed by atoms with Gasteiger partial charge in [0.25, 0.3) is 0 Å². The van der Waals surface area contributed by atoms with Crippen LogP contribution < -0.4 is 10.6 Å². The van der Waals surface area contributed by atoms with E-state index in [2.05, 4.69) is 10.6 Å². The lowest BCUT2D eigenvalue weighted by atomic mass is 9.74. The third kappa shape index (κ3) is 5.18. The lowest BCUT2D eigenvalue weighted by Crippen LogP contribution is -2.47.